The number of carbonyl (C=O) groups is 1. The molecule has 0 bridgehead atoms. The fraction of sp³-hybridized carbons (Fsp3) is 0.333. The zero-order valence-electron chi connectivity index (χ0n) is 10.5. The summed E-state index contributed by atoms with van der Waals surface area (Å²) < 4.78 is 5.89. The number of aldehydes is 1. The summed E-state index contributed by atoms with van der Waals surface area (Å²) in [5.41, 5.74) is 0.489. The van der Waals surface area contributed by atoms with Gasteiger partial charge in [0, 0.05) is 6.07 Å². The largest absolute Gasteiger partial charge is 0.490 e. The van der Waals surface area contributed by atoms with Crippen LogP contribution >= 0.6 is 0 Å². The number of ether oxygens (including phenoxy) is 1. The standard InChI is InChI=1S/C15H15NO3/c17-9-11-7-10-5-6-13(8-14(10)16-15(11)18)19-12-3-1-2-4-12/h5-9,12H,1-4H2,(H,16,18). The number of fused-ring (bicyclic) bond motifs is 1. The van der Waals surface area contributed by atoms with E-state index >= 15 is 0 Å². The predicted molar refractivity (Wildman–Crippen MR) is 72.8 cm³/mol. The van der Waals surface area contributed by atoms with Crippen LogP contribution < -0.4 is 10.3 Å². The summed E-state index contributed by atoms with van der Waals surface area (Å²) in [6.45, 7) is 0. The first-order valence-electron chi connectivity index (χ1n) is 6.55. The van der Waals surface area contributed by atoms with E-state index in [1.54, 1.807) is 6.07 Å². The van der Waals surface area contributed by atoms with Crippen molar-refractivity contribution in [1.29, 1.82) is 0 Å². The van der Waals surface area contributed by atoms with Crippen LogP contribution in [0.2, 0.25) is 0 Å². The van der Waals surface area contributed by atoms with E-state index in [-0.39, 0.29) is 11.1 Å². The monoisotopic (exact) mass is 257 g/mol. The quantitative estimate of drug-likeness (QED) is 0.860. The number of pyridine rings is 1. The van der Waals surface area contributed by atoms with Gasteiger partial charge >= 0.3 is 0 Å². The molecule has 1 aliphatic carbocycles. The molecule has 0 unspecified atom stereocenters. The van der Waals surface area contributed by atoms with Crippen LogP contribution in [0.5, 0.6) is 5.75 Å². The third-order valence-electron chi connectivity index (χ3n) is 3.58. The molecule has 0 amide bonds. The van der Waals surface area contributed by atoms with Crippen LogP contribution in [-0.2, 0) is 0 Å². The summed E-state index contributed by atoms with van der Waals surface area (Å²) in [7, 11) is 0. The van der Waals surface area contributed by atoms with Crippen LogP contribution in [0.1, 0.15) is 36.0 Å². The van der Waals surface area contributed by atoms with Crippen LogP contribution in [0.3, 0.4) is 0 Å². The Kier molecular flexibility index (Phi) is 3.07. The van der Waals surface area contributed by atoms with Gasteiger partial charge in [-0.15, -0.1) is 0 Å². The first kappa shape index (κ1) is 12.0. The fourth-order valence-corrected chi connectivity index (χ4v) is 2.56. The highest BCUT2D eigenvalue weighted by Crippen LogP contribution is 2.25. The van der Waals surface area contributed by atoms with Crippen molar-refractivity contribution in [2.45, 2.75) is 31.8 Å². The molecule has 0 saturated heterocycles. The van der Waals surface area contributed by atoms with Gasteiger partial charge < -0.3 is 9.72 Å². The summed E-state index contributed by atoms with van der Waals surface area (Å²) in [6.07, 6.45) is 5.49. The Morgan fingerprint density at radius 2 is 2.00 bits per heavy atom. The second-order valence-corrected chi connectivity index (χ2v) is 4.95. The lowest BCUT2D eigenvalue weighted by atomic mass is 10.1. The van der Waals surface area contributed by atoms with Gasteiger partial charge in [-0.3, -0.25) is 9.59 Å². The summed E-state index contributed by atoms with van der Waals surface area (Å²) in [5.74, 6) is 0.772. The molecule has 1 N–H and O–H groups in total. The summed E-state index contributed by atoms with van der Waals surface area (Å²) >= 11 is 0. The highest BCUT2D eigenvalue weighted by molar-refractivity contribution is 5.86. The highest BCUT2D eigenvalue weighted by atomic mass is 16.5. The van der Waals surface area contributed by atoms with E-state index in [4.69, 9.17) is 4.74 Å². The van der Waals surface area contributed by atoms with E-state index in [0.717, 1.165) is 24.0 Å². The number of aromatic amines is 1. The molecule has 98 valence electrons. The fourth-order valence-electron chi connectivity index (χ4n) is 2.56. The lowest BCUT2D eigenvalue weighted by Crippen LogP contribution is -2.12. The van der Waals surface area contributed by atoms with Crippen molar-refractivity contribution < 1.29 is 9.53 Å². The van der Waals surface area contributed by atoms with Gasteiger partial charge in [-0.1, -0.05) is 0 Å². The molecule has 1 aliphatic rings. The Morgan fingerprint density at radius 3 is 2.74 bits per heavy atom. The molecule has 19 heavy (non-hydrogen) atoms. The van der Waals surface area contributed by atoms with E-state index in [9.17, 15) is 9.59 Å². The molecule has 1 fully saturated rings. The minimum absolute atomic E-state index is 0.150. The molecule has 0 atom stereocenters. The van der Waals surface area contributed by atoms with Crippen LogP contribution in [0.25, 0.3) is 10.9 Å². The molecule has 1 heterocycles. The van der Waals surface area contributed by atoms with Gasteiger partial charge in [0.15, 0.2) is 6.29 Å². The molecule has 0 spiro atoms. The van der Waals surface area contributed by atoms with Gasteiger partial charge in [0.2, 0.25) is 0 Å². The summed E-state index contributed by atoms with van der Waals surface area (Å²) in [6, 6.07) is 7.17. The molecule has 4 heteroatoms. The third-order valence-corrected chi connectivity index (χ3v) is 3.58. The summed E-state index contributed by atoms with van der Waals surface area (Å²) in [5, 5.41) is 0.834. The molecular formula is C15H15NO3. The first-order valence-corrected chi connectivity index (χ1v) is 6.55. The van der Waals surface area contributed by atoms with Crippen LogP contribution in [0.4, 0.5) is 0 Å². The van der Waals surface area contributed by atoms with Gasteiger partial charge in [-0.25, -0.2) is 0 Å². The van der Waals surface area contributed by atoms with Gasteiger partial charge in [0.25, 0.3) is 5.56 Å². The van der Waals surface area contributed by atoms with Crippen molar-refractivity contribution in [3.05, 3.63) is 40.2 Å². The van der Waals surface area contributed by atoms with Crippen molar-refractivity contribution in [2.24, 2.45) is 0 Å². The minimum atomic E-state index is -0.361. The second-order valence-electron chi connectivity index (χ2n) is 4.95. The Balaban J connectivity index is 1.96. The van der Waals surface area contributed by atoms with E-state index in [2.05, 4.69) is 4.98 Å². The van der Waals surface area contributed by atoms with E-state index < -0.39 is 0 Å². The Morgan fingerprint density at radius 1 is 1.21 bits per heavy atom. The SMILES string of the molecule is O=Cc1cc2ccc(OC3CCCC3)cc2[nH]c1=O. The van der Waals surface area contributed by atoms with E-state index in [0.29, 0.717) is 17.9 Å². The Hall–Kier alpha value is -2.10. The van der Waals surface area contributed by atoms with Crippen molar-refractivity contribution in [3.63, 3.8) is 0 Å². The molecular weight excluding hydrogens is 242 g/mol. The number of carbonyl (C=O) groups excluding carboxylic acids is 1. The first-order chi connectivity index (χ1) is 9.26. The Bertz CT molecular complexity index is 669. The Labute approximate surface area is 110 Å². The zero-order chi connectivity index (χ0) is 13.2. The average Bonchev–Trinajstić information content (AvgIpc) is 2.90. The molecule has 1 saturated carbocycles. The smallest absolute Gasteiger partial charge is 0.259 e. The number of hydrogen-bond donors (Lipinski definition) is 1. The van der Waals surface area contributed by atoms with Crippen LogP contribution in [-0.4, -0.2) is 17.4 Å². The van der Waals surface area contributed by atoms with Crippen molar-refractivity contribution in [2.75, 3.05) is 0 Å². The maximum Gasteiger partial charge on any atom is 0.259 e. The number of benzene rings is 1. The van der Waals surface area contributed by atoms with Gasteiger partial charge in [0.05, 0.1) is 17.2 Å². The molecule has 0 radical (unpaired) electrons. The van der Waals surface area contributed by atoms with Crippen molar-refractivity contribution in [3.8, 4) is 5.75 Å². The van der Waals surface area contributed by atoms with E-state index in [1.807, 2.05) is 18.2 Å². The average molecular weight is 257 g/mol. The molecule has 1 aromatic heterocycles. The molecule has 4 nitrogen and oxygen atoms in total. The molecule has 2 aromatic rings. The van der Waals surface area contributed by atoms with Gasteiger partial charge in [-0.05, 0) is 49.3 Å². The minimum Gasteiger partial charge on any atom is -0.490 e. The maximum absolute atomic E-state index is 11.6. The summed E-state index contributed by atoms with van der Waals surface area (Å²) in [4.78, 5) is 25.0. The maximum atomic E-state index is 11.6. The predicted octanol–water partition coefficient (Wildman–Crippen LogP) is 2.66. The lowest BCUT2D eigenvalue weighted by Gasteiger charge is -2.13. The van der Waals surface area contributed by atoms with Crippen LogP contribution in [0, 0.1) is 0 Å². The zero-order valence-corrected chi connectivity index (χ0v) is 10.5. The van der Waals surface area contributed by atoms with E-state index in [1.165, 1.54) is 12.8 Å². The van der Waals surface area contributed by atoms with Gasteiger partial charge in [-0.2, -0.15) is 0 Å². The number of nitrogens with one attached hydrogen (secondary N) is 1. The lowest BCUT2D eigenvalue weighted by molar-refractivity contribution is 0.112. The highest BCUT2D eigenvalue weighted by Gasteiger charge is 2.16. The molecule has 1 aromatic carbocycles. The topological polar surface area (TPSA) is 59.2 Å². The normalized spacial score (nSPS) is 15.8. The number of H-pyrrole nitrogens is 1. The number of rotatable bonds is 3. The number of aromatic nitrogens is 1. The third kappa shape index (κ3) is 2.38. The van der Waals surface area contributed by atoms with Crippen molar-refractivity contribution >= 4 is 17.2 Å². The number of hydrogen-bond acceptors (Lipinski definition) is 3. The molecule has 0 aliphatic heterocycles. The molecule has 3 rings (SSSR count). The van der Waals surface area contributed by atoms with Crippen molar-refractivity contribution in [1.82, 2.24) is 4.98 Å². The second kappa shape index (κ2) is 4.88. The van der Waals surface area contributed by atoms with Crippen LogP contribution in [0.15, 0.2) is 29.1 Å². The van der Waals surface area contributed by atoms with Gasteiger partial charge in [0.1, 0.15) is 5.75 Å².